The normalized spacial score (nSPS) is 16.9. The number of benzene rings is 1. The summed E-state index contributed by atoms with van der Waals surface area (Å²) >= 11 is 0. The summed E-state index contributed by atoms with van der Waals surface area (Å²) in [6.07, 6.45) is 2.83. The molecule has 0 saturated carbocycles. The number of piperidine rings is 1. The molecule has 1 aliphatic heterocycles. The van der Waals surface area contributed by atoms with Gasteiger partial charge in [-0.15, -0.1) is 0 Å². The van der Waals surface area contributed by atoms with Crippen LogP contribution in [-0.2, 0) is 11.4 Å². The Hall–Kier alpha value is -1.55. The first kappa shape index (κ1) is 11.9. The molecule has 1 saturated heterocycles. The van der Waals surface area contributed by atoms with E-state index in [-0.39, 0.29) is 12.7 Å². The monoisotopic (exact) mass is 235 g/mol. The number of likely N-dealkylation sites (tertiary alicyclic amines) is 1. The van der Waals surface area contributed by atoms with Crippen LogP contribution in [0, 0.1) is 0 Å². The van der Waals surface area contributed by atoms with Gasteiger partial charge in [-0.3, -0.25) is 4.79 Å². The molecular weight excluding hydrogens is 218 g/mol. The summed E-state index contributed by atoms with van der Waals surface area (Å²) in [6.45, 7) is 1.59. The molecule has 0 spiro atoms. The Balaban J connectivity index is 1.86. The van der Waals surface area contributed by atoms with Crippen molar-refractivity contribution in [3.8, 4) is 5.75 Å². The number of amides is 1. The van der Waals surface area contributed by atoms with E-state index in [4.69, 9.17) is 9.84 Å². The minimum Gasteiger partial charge on any atom is -0.490 e. The molecule has 92 valence electrons. The minimum absolute atomic E-state index is 0.0536. The number of hydrogen-bond donors (Lipinski definition) is 1. The number of ether oxygens (including phenoxy) is 1. The van der Waals surface area contributed by atoms with E-state index in [1.54, 1.807) is 4.90 Å². The molecule has 4 heteroatoms. The quantitative estimate of drug-likeness (QED) is 0.797. The SMILES string of the molecule is O=CN1CCC(Oc2ccc(CO)cc2)CC1. The van der Waals surface area contributed by atoms with Gasteiger partial charge in [0.15, 0.2) is 0 Å². The second kappa shape index (κ2) is 5.68. The van der Waals surface area contributed by atoms with Gasteiger partial charge < -0.3 is 14.7 Å². The highest BCUT2D eigenvalue weighted by Crippen LogP contribution is 2.19. The molecule has 0 aromatic heterocycles. The summed E-state index contributed by atoms with van der Waals surface area (Å²) in [5, 5.41) is 8.93. The number of hydrogen-bond acceptors (Lipinski definition) is 3. The highest BCUT2D eigenvalue weighted by atomic mass is 16.5. The van der Waals surface area contributed by atoms with Gasteiger partial charge in [0.2, 0.25) is 6.41 Å². The first-order chi connectivity index (χ1) is 8.31. The Kier molecular flexibility index (Phi) is 3.98. The molecule has 1 amide bonds. The van der Waals surface area contributed by atoms with Crippen molar-refractivity contribution in [1.82, 2.24) is 4.90 Å². The first-order valence-corrected chi connectivity index (χ1v) is 5.87. The number of carbonyl (C=O) groups is 1. The zero-order chi connectivity index (χ0) is 12.1. The zero-order valence-corrected chi connectivity index (χ0v) is 9.71. The topological polar surface area (TPSA) is 49.8 Å². The maximum atomic E-state index is 10.6. The van der Waals surface area contributed by atoms with Gasteiger partial charge >= 0.3 is 0 Å². The molecule has 17 heavy (non-hydrogen) atoms. The third-order valence-corrected chi connectivity index (χ3v) is 3.03. The van der Waals surface area contributed by atoms with Crippen molar-refractivity contribution in [1.29, 1.82) is 0 Å². The fraction of sp³-hybridized carbons (Fsp3) is 0.462. The molecule has 1 aliphatic rings. The van der Waals surface area contributed by atoms with Gasteiger partial charge in [0.1, 0.15) is 11.9 Å². The van der Waals surface area contributed by atoms with Crippen LogP contribution in [0.3, 0.4) is 0 Å². The van der Waals surface area contributed by atoms with E-state index in [1.165, 1.54) is 0 Å². The maximum Gasteiger partial charge on any atom is 0.209 e. The Labute approximate surface area is 101 Å². The summed E-state index contributed by atoms with van der Waals surface area (Å²) in [6, 6.07) is 7.46. The third-order valence-electron chi connectivity index (χ3n) is 3.03. The fourth-order valence-corrected chi connectivity index (χ4v) is 1.96. The Morgan fingerprint density at radius 1 is 1.29 bits per heavy atom. The number of carbonyl (C=O) groups excluding carboxylic acids is 1. The standard InChI is InChI=1S/C13H17NO3/c15-9-11-1-3-12(4-2-11)17-13-5-7-14(10-16)8-6-13/h1-4,10,13,15H,5-9H2. The Morgan fingerprint density at radius 3 is 2.47 bits per heavy atom. The lowest BCUT2D eigenvalue weighted by Gasteiger charge is -2.29. The molecule has 1 heterocycles. The van der Waals surface area contributed by atoms with Gasteiger partial charge in [-0.1, -0.05) is 12.1 Å². The highest BCUT2D eigenvalue weighted by molar-refractivity contribution is 5.47. The van der Waals surface area contributed by atoms with E-state index < -0.39 is 0 Å². The Morgan fingerprint density at radius 2 is 1.94 bits per heavy atom. The largest absolute Gasteiger partial charge is 0.490 e. The molecule has 4 nitrogen and oxygen atoms in total. The zero-order valence-electron chi connectivity index (χ0n) is 9.71. The van der Waals surface area contributed by atoms with E-state index in [0.717, 1.165) is 43.7 Å². The summed E-state index contributed by atoms with van der Waals surface area (Å²) in [7, 11) is 0. The van der Waals surface area contributed by atoms with Crippen molar-refractivity contribution in [2.24, 2.45) is 0 Å². The predicted octanol–water partition coefficient (Wildman–Crippen LogP) is 1.18. The van der Waals surface area contributed by atoms with Gasteiger partial charge in [-0.05, 0) is 17.7 Å². The van der Waals surface area contributed by atoms with Crippen molar-refractivity contribution in [3.63, 3.8) is 0 Å². The highest BCUT2D eigenvalue weighted by Gasteiger charge is 2.19. The van der Waals surface area contributed by atoms with Crippen LogP contribution < -0.4 is 4.74 Å². The van der Waals surface area contributed by atoms with Crippen molar-refractivity contribution in [2.75, 3.05) is 13.1 Å². The summed E-state index contributed by atoms with van der Waals surface area (Å²) in [5.74, 6) is 0.826. The Bertz CT molecular complexity index is 355. The number of aliphatic hydroxyl groups is 1. The first-order valence-electron chi connectivity index (χ1n) is 5.87. The van der Waals surface area contributed by atoms with Crippen molar-refractivity contribution in [2.45, 2.75) is 25.6 Å². The van der Waals surface area contributed by atoms with E-state index >= 15 is 0 Å². The van der Waals surface area contributed by atoms with Crippen LogP contribution in [0.15, 0.2) is 24.3 Å². The van der Waals surface area contributed by atoms with Gasteiger partial charge in [-0.25, -0.2) is 0 Å². The van der Waals surface area contributed by atoms with Crippen LogP contribution in [0.4, 0.5) is 0 Å². The molecular formula is C13H17NO3. The molecule has 0 radical (unpaired) electrons. The lowest BCUT2D eigenvalue weighted by atomic mass is 10.1. The van der Waals surface area contributed by atoms with Crippen LogP contribution in [0.2, 0.25) is 0 Å². The van der Waals surface area contributed by atoms with Crippen LogP contribution in [0.5, 0.6) is 5.75 Å². The van der Waals surface area contributed by atoms with E-state index in [0.29, 0.717) is 0 Å². The second-order valence-electron chi connectivity index (χ2n) is 4.26. The molecule has 0 bridgehead atoms. The van der Waals surface area contributed by atoms with E-state index in [2.05, 4.69) is 0 Å². The van der Waals surface area contributed by atoms with Gasteiger partial charge in [-0.2, -0.15) is 0 Å². The molecule has 1 N–H and O–H groups in total. The molecule has 1 aromatic carbocycles. The number of rotatable bonds is 4. The van der Waals surface area contributed by atoms with Crippen LogP contribution >= 0.6 is 0 Å². The molecule has 1 aromatic rings. The van der Waals surface area contributed by atoms with Gasteiger partial charge in [0.05, 0.1) is 6.61 Å². The summed E-state index contributed by atoms with van der Waals surface area (Å²) in [5.41, 5.74) is 0.883. The maximum absolute atomic E-state index is 10.6. The average molecular weight is 235 g/mol. The molecule has 0 aliphatic carbocycles. The lowest BCUT2D eigenvalue weighted by Crippen LogP contribution is -2.37. The van der Waals surface area contributed by atoms with Crippen molar-refractivity contribution >= 4 is 6.41 Å². The molecule has 1 fully saturated rings. The van der Waals surface area contributed by atoms with Gasteiger partial charge in [0.25, 0.3) is 0 Å². The minimum atomic E-state index is 0.0536. The second-order valence-corrected chi connectivity index (χ2v) is 4.26. The summed E-state index contributed by atoms with van der Waals surface area (Å²) in [4.78, 5) is 12.3. The van der Waals surface area contributed by atoms with Crippen LogP contribution in [-0.4, -0.2) is 35.6 Å². The lowest BCUT2D eigenvalue weighted by molar-refractivity contribution is -0.119. The van der Waals surface area contributed by atoms with Crippen molar-refractivity contribution < 1.29 is 14.6 Å². The van der Waals surface area contributed by atoms with Crippen molar-refractivity contribution in [3.05, 3.63) is 29.8 Å². The fourth-order valence-electron chi connectivity index (χ4n) is 1.96. The molecule has 0 atom stereocenters. The van der Waals surface area contributed by atoms with Gasteiger partial charge in [0, 0.05) is 25.9 Å². The smallest absolute Gasteiger partial charge is 0.209 e. The number of aliphatic hydroxyl groups excluding tert-OH is 1. The number of nitrogens with zero attached hydrogens (tertiary/aromatic N) is 1. The third kappa shape index (κ3) is 3.20. The van der Waals surface area contributed by atoms with Crippen LogP contribution in [0.1, 0.15) is 18.4 Å². The molecule has 2 rings (SSSR count). The predicted molar refractivity (Wildman–Crippen MR) is 63.7 cm³/mol. The molecule has 0 unspecified atom stereocenters. The van der Waals surface area contributed by atoms with E-state index in [1.807, 2.05) is 24.3 Å². The van der Waals surface area contributed by atoms with E-state index in [9.17, 15) is 4.79 Å². The van der Waals surface area contributed by atoms with Crippen LogP contribution in [0.25, 0.3) is 0 Å². The average Bonchev–Trinajstić information content (AvgIpc) is 2.40. The summed E-state index contributed by atoms with van der Waals surface area (Å²) < 4.78 is 5.82.